The highest BCUT2D eigenvalue weighted by atomic mass is 32.2. The molecule has 7 nitrogen and oxygen atoms in total. The molecule has 3 atom stereocenters. The van der Waals surface area contributed by atoms with Crippen molar-refractivity contribution >= 4 is 21.7 Å². The molecule has 1 saturated carbocycles. The molecule has 2 fully saturated rings. The first kappa shape index (κ1) is 19.2. The summed E-state index contributed by atoms with van der Waals surface area (Å²) in [4.78, 5) is 27.7. The van der Waals surface area contributed by atoms with Gasteiger partial charge in [0.1, 0.15) is 0 Å². The van der Waals surface area contributed by atoms with E-state index in [9.17, 15) is 18.0 Å². The predicted molar refractivity (Wildman–Crippen MR) is 92.2 cm³/mol. The van der Waals surface area contributed by atoms with Crippen molar-refractivity contribution in [3.8, 4) is 0 Å². The van der Waals surface area contributed by atoms with Crippen LogP contribution in [0.25, 0.3) is 0 Å². The Morgan fingerprint density at radius 2 is 1.88 bits per heavy atom. The van der Waals surface area contributed by atoms with Gasteiger partial charge in [0.25, 0.3) is 0 Å². The standard InChI is InChI=1S/C16H29N3O4S/c1-12-8-14(12)9-16(21)18(3)13(2)10-17-15(20)11-19-4-6-24(22,23)7-5-19/h12-14H,4-11H2,1-3H3,(H,17,20). The van der Waals surface area contributed by atoms with Crippen LogP contribution in [0.2, 0.25) is 0 Å². The van der Waals surface area contributed by atoms with Gasteiger partial charge in [-0.25, -0.2) is 8.42 Å². The van der Waals surface area contributed by atoms with Crippen molar-refractivity contribution in [2.45, 2.75) is 32.7 Å². The Kier molecular flexibility index (Phi) is 6.25. The Morgan fingerprint density at radius 3 is 2.42 bits per heavy atom. The smallest absolute Gasteiger partial charge is 0.234 e. The van der Waals surface area contributed by atoms with Crippen molar-refractivity contribution in [2.24, 2.45) is 11.8 Å². The Balaban J connectivity index is 1.66. The van der Waals surface area contributed by atoms with Crippen LogP contribution >= 0.6 is 0 Å². The molecule has 2 amide bonds. The predicted octanol–water partition coefficient (Wildman–Crippen LogP) is -0.274. The summed E-state index contributed by atoms with van der Waals surface area (Å²) in [6, 6.07) is -0.0581. The van der Waals surface area contributed by atoms with Gasteiger partial charge in [0.15, 0.2) is 9.84 Å². The van der Waals surface area contributed by atoms with Gasteiger partial charge in [-0.15, -0.1) is 0 Å². The van der Waals surface area contributed by atoms with E-state index in [1.165, 1.54) is 0 Å². The van der Waals surface area contributed by atoms with Crippen LogP contribution in [0.3, 0.4) is 0 Å². The van der Waals surface area contributed by atoms with Crippen molar-refractivity contribution in [2.75, 3.05) is 44.7 Å². The lowest BCUT2D eigenvalue weighted by Gasteiger charge is -2.27. The molecule has 2 rings (SSSR count). The van der Waals surface area contributed by atoms with Crippen LogP contribution in [0.15, 0.2) is 0 Å². The molecule has 3 unspecified atom stereocenters. The molecule has 0 spiro atoms. The number of carbonyl (C=O) groups excluding carboxylic acids is 2. The van der Waals surface area contributed by atoms with Crippen LogP contribution in [0.5, 0.6) is 0 Å². The van der Waals surface area contributed by atoms with Crippen LogP contribution in [0.1, 0.15) is 26.7 Å². The van der Waals surface area contributed by atoms with E-state index in [-0.39, 0.29) is 35.9 Å². The number of nitrogens with zero attached hydrogens (tertiary/aromatic N) is 2. The van der Waals surface area contributed by atoms with Gasteiger partial charge in [-0.1, -0.05) is 6.92 Å². The van der Waals surface area contributed by atoms with Gasteiger partial charge in [-0.2, -0.15) is 0 Å². The minimum absolute atomic E-state index is 0.0581. The maximum atomic E-state index is 12.2. The maximum Gasteiger partial charge on any atom is 0.234 e. The van der Waals surface area contributed by atoms with Crippen LogP contribution in [0, 0.1) is 11.8 Å². The lowest BCUT2D eigenvalue weighted by molar-refractivity contribution is -0.132. The summed E-state index contributed by atoms with van der Waals surface area (Å²) in [6.45, 7) is 5.51. The highest BCUT2D eigenvalue weighted by Crippen LogP contribution is 2.40. The first-order valence-corrected chi connectivity index (χ1v) is 10.4. The topological polar surface area (TPSA) is 86.8 Å². The first-order chi connectivity index (χ1) is 11.2. The summed E-state index contributed by atoms with van der Waals surface area (Å²) in [5, 5.41) is 2.84. The average Bonchev–Trinajstić information content (AvgIpc) is 3.21. The van der Waals surface area contributed by atoms with Crippen LogP contribution in [-0.4, -0.2) is 80.8 Å². The summed E-state index contributed by atoms with van der Waals surface area (Å²) in [6.07, 6.45) is 1.73. The van der Waals surface area contributed by atoms with Gasteiger partial charge < -0.3 is 10.2 Å². The summed E-state index contributed by atoms with van der Waals surface area (Å²) in [5.41, 5.74) is 0. The lowest BCUT2D eigenvalue weighted by Crippen LogP contribution is -2.48. The zero-order chi connectivity index (χ0) is 17.9. The third-order valence-electron chi connectivity index (χ3n) is 5.17. The van der Waals surface area contributed by atoms with Crippen molar-refractivity contribution in [3.63, 3.8) is 0 Å². The zero-order valence-corrected chi connectivity index (χ0v) is 15.6. The SMILES string of the molecule is CC1CC1CC(=O)N(C)C(C)CNC(=O)CN1CCS(=O)(=O)CC1. The largest absolute Gasteiger partial charge is 0.353 e. The highest BCUT2D eigenvalue weighted by Gasteiger charge is 2.35. The van der Waals surface area contributed by atoms with Crippen LogP contribution in [-0.2, 0) is 19.4 Å². The summed E-state index contributed by atoms with van der Waals surface area (Å²) in [5.74, 6) is 1.43. The molecule has 138 valence electrons. The van der Waals surface area contributed by atoms with E-state index in [4.69, 9.17) is 0 Å². The molecule has 0 radical (unpaired) electrons. The summed E-state index contributed by atoms with van der Waals surface area (Å²) in [7, 11) is -1.14. The molecule has 0 aromatic carbocycles. The third-order valence-corrected chi connectivity index (χ3v) is 6.78. The normalized spacial score (nSPS) is 27.3. The molecule has 1 heterocycles. The van der Waals surface area contributed by atoms with Gasteiger partial charge in [-0.3, -0.25) is 14.5 Å². The minimum Gasteiger partial charge on any atom is -0.353 e. The van der Waals surface area contributed by atoms with E-state index in [2.05, 4.69) is 12.2 Å². The number of carbonyl (C=O) groups is 2. The second-order valence-corrected chi connectivity index (χ2v) is 9.57. The molecule has 24 heavy (non-hydrogen) atoms. The number of sulfone groups is 1. The minimum atomic E-state index is -2.92. The van der Waals surface area contributed by atoms with Gasteiger partial charge in [-0.05, 0) is 25.2 Å². The molecule has 1 saturated heterocycles. The quantitative estimate of drug-likeness (QED) is 0.676. The molecule has 8 heteroatoms. The Labute approximate surface area is 144 Å². The second kappa shape index (κ2) is 7.82. The highest BCUT2D eigenvalue weighted by molar-refractivity contribution is 7.91. The fourth-order valence-corrected chi connectivity index (χ4v) is 4.14. The molecule has 1 aliphatic heterocycles. The molecule has 1 aliphatic carbocycles. The van der Waals surface area contributed by atoms with Crippen molar-refractivity contribution in [1.29, 1.82) is 0 Å². The lowest BCUT2D eigenvalue weighted by atomic mass is 10.2. The van der Waals surface area contributed by atoms with Gasteiger partial charge >= 0.3 is 0 Å². The molecular formula is C16H29N3O4S. The van der Waals surface area contributed by atoms with Crippen molar-refractivity contribution in [1.82, 2.24) is 15.1 Å². The number of amides is 2. The van der Waals surface area contributed by atoms with Gasteiger partial charge in [0.2, 0.25) is 11.8 Å². The Bertz CT molecular complexity index is 564. The van der Waals surface area contributed by atoms with E-state index in [0.717, 1.165) is 6.42 Å². The van der Waals surface area contributed by atoms with Gasteiger partial charge in [0, 0.05) is 39.1 Å². The molecule has 0 bridgehead atoms. The van der Waals surface area contributed by atoms with E-state index >= 15 is 0 Å². The first-order valence-electron chi connectivity index (χ1n) is 8.63. The van der Waals surface area contributed by atoms with Crippen molar-refractivity contribution < 1.29 is 18.0 Å². The summed E-state index contributed by atoms with van der Waals surface area (Å²) < 4.78 is 22.7. The average molecular weight is 359 g/mol. The molecule has 1 N–H and O–H groups in total. The van der Waals surface area contributed by atoms with Gasteiger partial charge in [0.05, 0.1) is 18.1 Å². The Hall–Kier alpha value is -1.15. The zero-order valence-electron chi connectivity index (χ0n) is 14.8. The molecule has 0 aromatic heterocycles. The van der Waals surface area contributed by atoms with E-state index in [1.807, 2.05) is 11.8 Å². The monoisotopic (exact) mass is 359 g/mol. The number of rotatable bonds is 7. The third kappa shape index (κ3) is 5.73. The second-order valence-electron chi connectivity index (χ2n) is 7.26. The van der Waals surface area contributed by atoms with E-state index in [0.29, 0.717) is 37.9 Å². The maximum absolute atomic E-state index is 12.2. The van der Waals surface area contributed by atoms with Crippen molar-refractivity contribution in [3.05, 3.63) is 0 Å². The summed E-state index contributed by atoms with van der Waals surface area (Å²) >= 11 is 0. The Morgan fingerprint density at radius 1 is 1.29 bits per heavy atom. The number of hydrogen-bond donors (Lipinski definition) is 1. The van der Waals surface area contributed by atoms with Crippen LogP contribution < -0.4 is 5.32 Å². The molecular weight excluding hydrogens is 330 g/mol. The van der Waals surface area contributed by atoms with E-state index < -0.39 is 9.84 Å². The number of hydrogen-bond acceptors (Lipinski definition) is 5. The fraction of sp³-hybridized carbons (Fsp3) is 0.875. The fourth-order valence-electron chi connectivity index (χ4n) is 2.86. The molecule has 2 aliphatic rings. The number of likely N-dealkylation sites (N-methyl/N-ethyl adjacent to an activating group) is 1. The van der Waals surface area contributed by atoms with Crippen LogP contribution in [0.4, 0.5) is 0 Å². The van der Waals surface area contributed by atoms with E-state index in [1.54, 1.807) is 11.9 Å². The molecule has 0 aromatic rings. The number of nitrogens with one attached hydrogen (secondary N) is 1.